The second-order valence-corrected chi connectivity index (χ2v) is 8.85. The van der Waals surface area contributed by atoms with Crippen molar-refractivity contribution < 1.29 is 0 Å². The normalized spacial score (nSPS) is 19.7. The molecule has 2 fully saturated rings. The molecular weight excluding hydrogens is 356 g/mol. The van der Waals surface area contributed by atoms with Crippen molar-refractivity contribution in [3.05, 3.63) is 52.7 Å². The summed E-state index contributed by atoms with van der Waals surface area (Å²) in [4.78, 5) is 10.00. The third kappa shape index (κ3) is 5.43. The van der Waals surface area contributed by atoms with E-state index < -0.39 is 0 Å². The summed E-state index contributed by atoms with van der Waals surface area (Å²) in [7, 11) is 2.20. The van der Waals surface area contributed by atoms with Crippen LogP contribution in [-0.2, 0) is 6.54 Å². The zero-order chi connectivity index (χ0) is 21.0. The van der Waals surface area contributed by atoms with Gasteiger partial charge in [0.2, 0.25) is 0 Å². The van der Waals surface area contributed by atoms with Gasteiger partial charge in [-0.2, -0.15) is 0 Å². The van der Waals surface area contributed by atoms with E-state index >= 15 is 0 Å². The lowest BCUT2D eigenvalue weighted by Gasteiger charge is -2.37. The smallest absolute Gasteiger partial charge is 0.0370 e. The third-order valence-corrected chi connectivity index (χ3v) is 6.64. The molecule has 1 aromatic rings. The Kier molecular flexibility index (Phi) is 7.42. The van der Waals surface area contributed by atoms with E-state index in [1.807, 2.05) is 0 Å². The van der Waals surface area contributed by atoms with E-state index in [2.05, 4.69) is 79.1 Å². The summed E-state index contributed by atoms with van der Waals surface area (Å²) in [5.74, 6) is 0. The second-order valence-electron chi connectivity index (χ2n) is 8.85. The molecule has 4 nitrogen and oxygen atoms in total. The van der Waals surface area contributed by atoms with Gasteiger partial charge in [-0.05, 0) is 57.0 Å². The predicted molar refractivity (Wildman–Crippen MR) is 125 cm³/mol. The van der Waals surface area contributed by atoms with Crippen molar-refractivity contribution in [1.82, 2.24) is 19.6 Å². The number of rotatable bonds is 6. The topological polar surface area (TPSA) is 13.0 Å². The van der Waals surface area contributed by atoms with E-state index in [1.165, 1.54) is 33.6 Å². The Labute approximate surface area is 178 Å². The van der Waals surface area contributed by atoms with Crippen LogP contribution in [-0.4, -0.2) is 79.0 Å². The summed E-state index contributed by atoms with van der Waals surface area (Å²) < 4.78 is 0. The Morgan fingerprint density at radius 1 is 0.931 bits per heavy atom. The number of piperazine rings is 2. The molecule has 2 saturated heterocycles. The van der Waals surface area contributed by atoms with Gasteiger partial charge < -0.3 is 14.7 Å². The molecular formula is C25H40N4. The molecule has 0 amide bonds. The Hall–Kier alpha value is -1.78. The van der Waals surface area contributed by atoms with E-state index in [-0.39, 0.29) is 0 Å². The van der Waals surface area contributed by atoms with Gasteiger partial charge in [0.1, 0.15) is 0 Å². The van der Waals surface area contributed by atoms with Crippen molar-refractivity contribution in [2.45, 2.75) is 40.7 Å². The molecule has 4 heteroatoms. The summed E-state index contributed by atoms with van der Waals surface area (Å²) in [6.45, 7) is 23.4. The minimum Gasteiger partial charge on any atom is -0.373 e. The lowest BCUT2D eigenvalue weighted by Crippen LogP contribution is -2.45. The maximum Gasteiger partial charge on any atom is 0.0370 e. The van der Waals surface area contributed by atoms with Crippen molar-refractivity contribution in [1.29, 1.82) is 0 Å². The van der Waals surface area contributed by atoms with Crippen LogP contribution >= 0.6 is 0 Å². The van der Waals surface area contributed by atoms with Crippen LogP contribution in [0.3, 0.4) is 0 Å². The fraction of sp³-hybridized carbons (Fsp3) is 0.600. The minimum atomic E-state index is 1.04. The van der Waals surface area contributed by atoms with Crippen molar-refractivity contribution in [3.8, 4) is 0 Å². The first-order chi connectivity index (χ1) is 13.9. The van der Waals surface area contributed by atoms with Crippen molar-refractivity contribution in [2.24, 2.45) is 0 Å². The quantitative estimate of drug-likeness (QED) is 0.722. The van der Waals surface area contributed by atoms with Gasteiger partial charge in [-0.1, -0.05) is 25.6 Å². The second kappa shape index (κ2) is 9.82. The van der Waals surface area contributed by atoms with Crippen LogP contribution in [0.25, 0.3) is 5.70 Å². The largest absolute Gasteiger partial charge is 0.373 e. The maximum absolute atomic E-state index is 4.48. The minimum absolute atomic E-state index is 1.04. The van der Waals surface area contributed by atoms with Crippen LogP contribution < -0.4 is 0 Å². The van der Waals surface area contributed by atoms with Gasteiger partial charge in [0.15, 0.2) is 0 Å². The molecule has 0 atom stereocenters. The molecule has 0 bridgehead atoms. The van der Waals surface area contributed by atoms with Gasteiger partial charge in [0.05, 0.1) is 0 Å². The Morgan fingerprint density at radius 3 is 2.17 bits per heavy atom. The average Bonchev–Trinajstić information content (AvgIpc) is 2.71. The first-order valence-electron chi connectivity index (χ1n) is 11.3. The standard InChI is InChI=1S/C25H40N4/c1-7-8-22(4)28-15-11-27(12-16-28)19-24-18-25(21(3)17-20(24)2)23(5)29-13-9-26(6)10-14-29/h8,17-18H,5,7,9-16,19H2,1-4,6H3/b22-8+. The molecule has 0 N–H and O–H groups in total. The summed E-state index contributed by atoms with van der Waals surface area (Å²) in [6, 6.07) is 4.77. The SMILES string of the molecule is C=C(c1cc(CN2CCN(/C(C)=C/CC)CC2)c(C)cc1C)N1CCN(C)CC1. The first kappa shape index (κ1) is 21.9. The van der Waals surface area contributed by atoms with Gasteiger partial charge in [-0.15, -0.1) is 0 Å². The summed E-state index contributed by atoms with van der Waals surface area (Å²) in [5, 5.41) is 0. The third-order valence-electron chi connectivity index (χ3n) is 6.64. The Bertz CT molecular complexity index is 735. The number of nitrogens with zero attached hydrogens (tertiary/aromatic N) is 4. The van der Waals surface area contributed by atoms with Crippen molar-refractivity contribution >= 4 is 5.70 Å². The fourth-order valence-corrected chi connectivity index (χ4v) is 4.55. The highest BCUT2D eigenvalue weighted by Gasteiger charge is 2.20. The molecule has 0 unspecified atom stereocenters. The van der Waals surface area contributed by atoms with Gasteiger partial charge in [0, 0.05) is 75.9 Å². The van der Waals surface area contributed by atoms with E-state index in [0.717, 1.165) is 65.3 Å². The van der Waals surface area contributed by atoms with Crippen molar-refractivity contribution in [2.75, 3.05) is 59.4 Å². The van der Waals surface area contributed by atoms with E-state index in [9.17, 15) is 0 Å². The van der Waals surface area contributed by atoms with Gasteiger partial charge in [0.25, 0.3) is 0 Å². The van der Waals surface area contributed by atoms with Crippen LogP contribution in [0.5, 0.6) is 0 Å². The molecule has 3 rings (SSSR count). The molecule has 2 aliphatic heterocycles. The number of hydrogen-bond acceptors (Lipinski definition) is 4. The molecule has 29 heavy (non-hydrogen) atoms. The lowest BCUT2D eigenvalue weighted by molar-refractivity contribution is 0.152. The number of aryl methyl sites for hydroxylation is 2. The maximum atomic E-state index is 4.48. The molecule has 0 spiro atoms. The lowest BCUT2D eigenvalue weighted by atomic mass is 9.97. The zero-order valence-electron chi connectivity index (χ0n) is 19.3. The Balaban J connectivity index is 1.67. The summed E-state index contributed by atoms with van der Waals surface area (Å²) in [6.07, 6.45) is 3.46. The van der Waals surface area contributed by atoms with Crippen LogP contribution in [0, 0.1) is 13.8 Å². The van der Waals surface area contributed by atoms with Gasteiger partial charge in [-0.25, -0.2) is 0 Å². The number of hydrogen-bond donors (Lipinski definition) is 0. The van der Waals surface area contributed by atoms with Crippen LogP contribution in [0.2, 0.25) is 0 Å². The summed E-state index contributed by atoms with van der Waals surface area (Å²) >= 11 is 0. The molecule has 0 radical (unpaired) electrons. The highest BCUT2D eigenvalue weighted by molar-refractivity contribution is 5.66. The van der Waals surface area contributed by atoms with Crippen LogP contribution in [0.4, 0.5) is 0 Å². The molecule has 0 saturated carbocycles. The molecule has 160 valence electrons. The Morgan fingerprint density at radius 2 is 1.55 bits per heavy atom. The monoisotopic (exact) mass is 396 g/mol. The van der Waals surface area contributed by atoms with E-state index in [0.29, 0.717) is 0 Å². The first-order valence-corrected chi connectivity index (χ1v) is 11.3. The fourth-order valence-electron chi connectivity index (χ4n) is 4.55. The number of benzene rings is 1. The number of allylic oxidation sites excluding steroid dienone is 2. The molecule has 2 aliphatic rings. The van der Waals surface area contributed by atoms with E-state index in [1.54, 1.807) is 0 Å². The molecule has 0 aromatic heterocycles. The molecule has 1 aromatic carbocycles. The highest BCUT2D eigenvalue weighted by atomic mass is 15.3. The summed E-state index contributed by atoms with van der Waals surface area (Å²) in [5.41, 5.74) is 8.17. The van der Waals surface area contributed by atoms with Crippen LogP contribution in [0.15, 0.2) is 30.5 Å². The highest BCUT2D eigenvalue weighted by Crippen LogP contribution is 2.26. The number of likely N-dealkylation sites (N-methyl/N-ethyl adjacent to an activating group) is 1. The van der Waals surface area contributed by atoms with E-state index in [4.69, 9.17) is 0 Å². The molecule has 2 heterocycles. The zero-order valence-corrected chi connectivity index (χ0v) is 19.3. The van der Waals surface area contributed by atoms with Crippen molar-refractivity contribution in [3.63, 3.8) is 0 Å². The molecule has 0 aliphatic carbocycles. The van der Waals surface area contributed by atoms with Gasteiger partial charge >= 0.3 is 0 Å². The van der Waals surface area contributed by atoms with Crippen LogP contribution in [0.1, 0.15) is 42.5 Å². The van der Waals surface area contributed by atoms with Gasteiger partial charge in [-0.3, -0.25) is 4.90 Å². The average molecular weight is 397 g/mol. The predicted octanol–water partition coefficient (Wildman–Crippen LogP) is 3.95.